The maximum absolute atomic E-state index is 12.7. The number of aromatic nitrogens is 5. The first kappa shape index (κ1) is 14.1. The number of nitriles is 1. The van der Waals surface area contributed by atoms with Gasteiger partial charge in [-0.15, -0.1) is 0 Å². The smallest absolute Gasteiger partial charge is 0.276 e. The van der Waals surface area contributed by atoms with Gasteiger partial charge in [-0.2, -0.15) is 10.4 Å². The van der Waals surface area contributed by atoms with Crippen molar-refractivity contribution in [2.75, 3.05) is 0 Å². The molecule has 3 heterocycles. The Morgan fingerprint density at radius 1 is 1.45 bits per heavy atom. The largest absolute Gasteiger partial charge is 0.295 e. The second-order valence-electron chi connectivity index (χ2n) is 5.35. The summed E-state index contributed by atoms with van der Waals surface area (Å²) in [6.45, 7) is 6.62. The average molecular weight is 296 g/mol. The zero-order valence-corrected chi connectivity index (χ0v) is 12.7. The lowest BCUT2D eigenvalue weighted by molar-refractivity contribution is 0.661. The molecule has 0 atom stereocenters. The number of H-pyrrole nitrogens is 1. The molecule has 3 rings (SSSR count). The van der Waals surface area contributed by atoms with E-state index in [2.05, 4.69) is 15.2 Å². The Hall–Kier alpha value is -2.88. The van der Waals surface area contributed by atoms with E-state index >= 15 is 0 Å². The molecule has 0 radical (unpaired) electrons. The molecule has 0 amide bonds. The van der Waals surface area contributed by atoms with Crippen LogP contribution in [-0.2, 0) is 6.54 Å². The molecule has 0 bridgehead atoms. The summed E-state index contributed by atoms with van der Waals surface area (Å²) < 4.78 is 3.10. The second-order valence-corrected chi connectivity index (χ2v) is 5.35. The summed E-state index contributed by atoms with van der Waals surface area (Å²) in [5.74, 6) is -0.00693. The Kier molecular flexibility index (Phi) is 3.29. The van der Waals surface area contributed by atoms with Crippen LogP contribution < -0.4 is 5.56 Å². The first-order valence-corrected chi connectivity index (χ1v) is 7.14. The van der Waals surface area contributed by atoms with Crippen LogP contribution in [0.15, 0.2) is 23.3 Å². The molecule has 0 aromatic carbocycles. The van der Waals surface area contributed by atoms with E-state index in [-0.39, 0.29) is 11.5 Å². The van der Waals surface area contributed by atoms with Crippen LogP contribution in [0.5, 0.6) is 0 Å². The highest BCUT2D eigenvalue weighted by molar-refractivity contribution is 5.65. The van der Waals surface area contributed by atoms with Crippen molar-refractivity contribution >= 4 is 5.65 Å². The van der Waals surface area contributed by atoms with Gasteiger partial charge in [-0.3, -0.25) is 14.6 Å². The summed E-state index contributed by atoms with van der Waals surface area (Å²) in [5, 5.41) is 16.4. The maximum Gasteiger partial charge on any atom is 0.276 e. The fourth-order valence-electron chi connectivity index (χ4n) is 2.49. The van der Waals surface area contributed by atoms with Gasteiger partial charge in [0.25, 0.3) is 5.56 Å². The molecule has 0 aliphatic carbocycles. The van der Waals surface area contributed by atoms with Crippen LogP contribution in [0.4, 0.5) is 0 Å². The third kappa shape index (κ3) is 2.00. The van der Waals surface area contributed by atoms with Crippen LogP contribution in [0.2, 0.25) is 0 Å². The molecular weight excluding hydrogens is 280 g/mol. The molecular formula is C15H16N6O. The van der Waals surface area contributed by atoms with Gasteiger partial charge in [0, 0.05) is 24.5 Å². The van der Waals surface area contributed by atoms with Crippen molar-refractivity contribution in [1.82, 2.24) is 24.4 Å². The monoisotopic (exact) mass is 296 g/mol. The van der Waals surface area contributed by atoms with Gasteiger partial charge in [0.15, 0.2) is 5.65 Å². The predicted molar refractivity (Wildman–Crippen MR) is 81.5 cm³/mol. The lowest BCUT2D eigenvalue weighted by atomic mass is 10.0. The number of hydrogen-bond donors (Lipinski definition) is 1. The molecule has 0 spiro atoms. The number of hydrogen-bond acceptors (Lipinski definition) is 4. The van der Waals surface area contributed by atoms with Crippen molar-refractivity contribution in [1.29, 1.82) is 5.26 Å². The number of rotatable bonds is 3. The SMILES string of the molecule is CCn1ccc(-c2nc3c(C#N)c[nH]n3c(=O)c2C(C)C)n1. The first-order chi connectivity index (χ1) is 10.6. The zero-order valence-electron chi connectivity index (χ0n) is 12.7. The van der Waals surface area contributed by atoms with Gasteiger partial charge in [0.1, 0.15) is 23.0 Å². The van der Waals surface area contributed by atoms with E-state index in [0.29, 0.717) is 28.2 Å². The highest BCUT2D eigenvalue weighted by atomic mass is 16.1. The number of aromatic amines is 1. The molecule has 22 heavy (non-hydrogen) atoms. The summed E-state index contributed by atoms with van der Waals surface area (Å²) in [4.78, 5) is 17.3. The molecule has 7 heteroatoms. The molecule has 0 saturated heterocycles. The molecule has 0 fully saturated rings. The van der Waals surface area contributed by atoms with Crippen LogP contribution in [-0.4, -0.2) is 24.4 Å². The van der Waals surface area contributed by atoms with Crippen LogP contribution >= 0.6 is 0 Å². The zero-order chi connectivity index (χ0) is 15.9. The van der Waals surface area contributed by atoms with E-state index in [1.54, 1.807) is 4.68 Å². The summed E-state index contributed by atoms with van der Waals surface area (Å²) in [7, 11) is 0. The van der Waals surface area contributed by atoms with Crippen molar-refractivity contribution in [3.8, 4) is 17.5 Å². The maximum atomic E-state index is 12.7. The molecule has 3 aromatic rings. The van der Waals surface area contributed by atoms with E-state index in [9.17, 15) is 4.79 Å². The topological polar surface area (TPSA) is 91.8 Å². The molecule has 0 unspecified atom stereocenters. The molecule has 0 aliphatic heterocycles. The fourth-order valence-corrected chi connectivity index (χ4v) is 2.49. The normalized spacial score (nSPS) is 11.2. The van der Waals surface area contributed by atoms with Gasteiger partial charge in [-0.05, 0) is 18.9 Å². The molecule has 7 nitrogen and oxygen atoms in total. The van der Waals surface area contributed by atoms with E-state index in [4.69, 9.17) is 5.26 Å². The van der Waals surface area contributed by atoms with Crippen LogP contribution in [0.3, 0.4) is 0 Å². The van der Waals surface area contributed by atoms with Crippen molar-refractivity contribution in [3.63, 3.8) is 0 Å². The van der Waals surface area contributed by atoms with Gasteiger partial charge in [-0.1, -0.05) is 13.8 Å². The van der Waals surface area contributed by atoms with Crippen LogP contribution in [0.25, 0.3) is 17.0 Å². The van der Waals surface area contributed by atoms with Gasteiger partial charge in [-0.25, -0.2) is 9.50 Å². The highest BCUT2D eigenvalue weighted by Crippen LogP contribution is 2.24. The van der Waals surface area contributed by atoms with Crippen molar-refractivity contribution in [2.24, 2.45) is 0 Å². The first-order valence-electron chi connectivity index (χ1n) is 7.14. The fraction of sp³-hybridized carbons (Fsp3) is 0.333. The number of fused-ring (bicyclic) bond motifs is 1. The molecule has 0 saturated carbocycles. The minimum atomic E-state index is -0.192. The van der Waals surface area contributed by atoms with Gasteiger partial charge in [0.2, 0.25) is 0 Å². The van der Waals surface area contributed by atoms with Crippen molar-refractivity contribution < 1.29 is 0 Å². The Morgan fingerprint density at radius 2 is 2.23 bits per heavy atom. The Morgan fingerprint density at radius 3 is 2.82 bits per heavy atom. The lowest BCUT2D eigenvalue weighted by Gasteiger charge is -2.10. The summed E-state index contributed by atoms with van der Waals surface area (Å²) in [6, 6.07) is 3.88. The minimum absolute atomic E-state index is 0.00693. The van der Waals surface area contributed by atoms with Crippen molar-refractivity contribution in [2.45, 2.75) is 33.2 Å². The summed E-state index contributed by atoms with van der Waals surface area (Å²) in [6.07, 6.45) is 3.34. The Bertz CT molecular complexity index is 937. The standard InChI is InChI=1S/C15H16N6O/c1-4-20-6-5-11(19-20)13-12(9(2)3)15(22)21-14(18-13)10(7-16)8-17-21/h5-6,8-9,17H,4H2,1-3H3. The van der Waals surface area contributed by atoms with Gasteiger partial charge < -0.3 is 0 Å². The number of aryl methyl sites for hydroxylation is 1. The Balaban J connectivity index is 2.38. The van der Waals surface area contributed by atoms with Gasteiger partial charge in [0.05, 0.1) is 0 Å². The third-order valence-corrected chi connectivity index (χ3v) is 3.60. The minimum Gasteiger partial charge on any atom is -0.295 e. The quantitative estimate of drug-likeness (QED) is 0.799. The lowest BCUT2D eigenvalue weighted by Crippen LogP contribution is -2.22. The molecule has 3 aromatic heterocycles. The summed E-state index contributed by atoms with van der Waals surface area (Å²) in [5.41, 5.74) is 2.26. The van der Waals surface area contributed by atoms with Crippen LogP contribution in [0, 0.1) is 11.3 Å². The van der Waals surface area contributed by atoms with E-state index in [1.807, 2.05) is 39.1 Å². The molecule has 0 aliphatic rings. The van der Waals surface area contributed by atoms with Gasteiger partial charge >= 0.3 is 0 Å². The summed E-state index contributed by atoms with van der Waals surface area (Å²) >= 11 is 0. The average Bonchev–Trinajstić information content (AvgIpc) is 3.12. The highest BCUT2D eigenvalue weighted by Gasteiger charge is 2.21. The molecule has 1 N–H and O–H groups in total. The molecule has 112 valence electrons. The van der Waals surface area contributed by atoms with E-state index in [0.717, 1.165) is 6.54 Å². The number of nitrogens with one attached hydrogen (secondary N) is 1. The third-order valence-electron chi connectivity index (χ3n) is 3.60. The van der Waals surface area contributed by atoms with E-state index < -0.39 is 0 Å². The Labute approximate surface area is 126 Å². The van der Waals surface area contributed by atoms with Crippen LogP contribution in [0.1, 0.15) is 37.8 Å². The van der Waals surface area contributed by atoms with Crippen molar-refractivity contribution in [3.05, 3.63) is 39.9 Å². The number of nitrogens with zero attached hydrogens (tertiary/aromatic N) is 5. The second kappa shape index (κ2) is 5.15. The predicted octanol–water partition coefficient (Wildman–Crippen LogP) is 1.90. The van der Waals surface area contributed by atoms with E-state index in [1.165, 1.54) is 10.7 Å².